The minimum atomic E-state index is 0.327. The third-order valence-corrected chi connectivity index (χ3v) is 3.10. The van der Waals surface area contributed by atoms with Crippen molar-refractivity contribution in [3.8, 4) is 0 Å². The highest BCUT2D eigenvalue weighted by Gasteiger charge is 2.30. The molecule has 0 radical (unpaired) electrons. The van der Waals surface area contributed by atoms with Crippen molar-refractivity contribution in [2.75, 3.05) is 19.8 Å². The van der Waals surface area contributed by atoms with Crippen molar-refractivity contribution >= 4 is 0 Å². The van der Waals surface area contributed by atoms with Gasteiger partial charge in [0.25, 0.3) is 0 Å². The molecule has 0 aromatic heterocycles. The van der Waals surface area contributed by atoms with Gasteiger partial charge in [0.1, 0.15) is 0 Å². The number of hydrogen-bond donors (Lipinski definition) is 1. The zero-order valence-electron chi connectivity index (χ0n) is 8.85. The van der Waals surface area contributed by atoms with Gasteiger partial charge in [0, 0.05) is 18.6 Å². The number of rotatable bonds is 5. The molecular weight excluding hydrogens is 162 g/mol. The molecule has 0 unspecified atom stereocenters. The summed E-state index contributed by atoms with van der Waals surface area (Å²) in [6.45, 7) is 4.73. The van der Waals surface area contributed by atoms with E-state index in [0.29, 0.717) is 5.41 Å². The SMILES string of the molecule is CCCOCC1(CN)CCCCC1. The van der Waals surface area contributed by atoms with E-state index in [0.717, 1.165) is 26.2 Å². The van der Waals surface area contributed by atoms with Crippen LogP contribution in [0.4, 0.5) is 0 Å². The molecular formula is C11H23NO. The average Bonchev–Trinajstić information content (AvgIpc) is 2.20. The maximum atomic E-state index is 5.84. The highest BCUT2D eigenvalue weighted by molar-refractivity contribution is 4.83. The van der Waals surface area contributed by atoms with Crippen LogP contribution in [0.25, 0.3) is 0 Å². The van der Waals surface area contributed by atoms with E-state index in [4.69, 9.17) is 10.5 Å². The van der Waals surface area contributed by atoms with Crippen LogP contribution >= 0.6 is 0 Å². The second kappa shape index (κ2) is 5.61. The molecule has 0 amide bonds. The van der Waals surface area contributed by atoms with Crippen LogP contribution in [0.2, 0.25) is 0 Å². The summed E-state index contributed by atoms with van der Waals surface area (Å²) < 4.78 is 5.64. The van der Waals surface area contributed by atoms with Gasteiger partial charge >= 0.3 is 0 Å². The van der Waals surface area contributed by atoms with Gasteiger partial charge in [-0.3, -0.25) is 0 Å². The molecule has 1 aliphatic carbocycles. The summed E-state index contributed by atoms with van der Waals surface area (Å²) in [7, 11) is 0. The third-order valence-electron chi connectivity index (χ3n) is 3.10. The van der Waals surface area contributed by atoms with Gasteiger partial charge in [-0.25, -0.2) is 0 Å². The molecule has 0 saturated heterocycles. The van der Waals surface area contributed by atoms with Gasteiger partial charge in [-0.1, -0.05) is 26.2 Å². The van der Waals surface area contributed by atoms with E-state index in [2.05, 4.69) is 6.92 Å². The molecule has 0 aromatic carbocycles. The van der Waals surface area contributed by atoms with Crippen LogP contribution in [-0.4, -0.2) is 19.8 Å². The molecule has 78 valence electrons. The molecule has 1 saturated carbocycles. The second-order valence-corrected chi connectivity index (χ2v) is 4.32. The third kappa shape index (κ3) is 3.28. The molecule has 0 aliphatic heterocycles. The van der Waals surface area contributed by atoms with E-state index in [1.54, 1.807) is 0 Å². The molecule has 0 bridgehead atoms. The maximum absolute atomic E-state index is 5.84. The Bertz CT molecular complexity index is 130. The van der Waals surface area contributed by atoms with Gasteiger partial charge in [0.2, 0.25) is 0 Å². The molecule has 2 heteroatoms. The first-order valence-electron chi connectivity index (χ1n) is 5.61. The summed E-state index contributed by atoms with van der Waals surface area (Å²) >= 11 is 0. The van der Waals surface area contributed by atoms with Crippen molar-refractivity contribution in [1.82, 2.24) is 0 Å². The standard InChI is InChI=1S/C11H23NO/c1-2-8-13-10-11(9-12)6-4-3-5-7-11/h2-10,12H2,1H3. The summed E-state index contributed by atoms with van der Waals surface area (Å²) in [5.41, 5.74) is 6.17. The van der Waals surface area contributed by atoms with Crippen LogP contribution in [0.15, 0.2) is 0 Å². The minimum absolute atomic E-state index is 0.327. The molecule has 13 heavy (non-hydrogen) atoms. The van der Waals surface area contributed by atoms with Crippen LogP contribution in [0.3, 0.4) is 0 Å². The van der Waals surface area contributed by atoms with Gasteiger partial charge in [-0.15, -0.1) is 0 Å². The Morgan fingerprint density at radius 1 is 1.23 bits per heavy atom. The van der Waals surface area contributed by atoms with Gasteiger partial charge in [0.15, 0.2) is 0 Å². The van der Waals surface area contributed by atoms with Crippen molar-refractivity contribution in [1.29, 1.82) is 0 Å². The van der Waals surface area contributed by atoms with Crippen molar-refractivity contribution < 1.29 is 4.74 Å². The van der Waals surface area contributed by atoms with Gasteiger partial charge < -0.3 is 10.5 Å². The first-order valence-corrected chi connectivity index (χ1v) is 5.61. The zero-order valence-corrected chi connectivity index (χ0v) is 8.85. The molecule has 0 heterocycles. The fourth-order valence-corrected chi connectivity index (χ4v) is 2.14. The molecule has 1 fully saturated rings. The number of hydrogen-bond acceptors (Lipinski definition) is 2. The van der Waals surface area contributed by atoms with Crippen molar-refractivity contribution in [3.05, 3.63) is 0 Å². The number of nitrogens with two attached hydrogens (primary N) is 1. The lowest BCUT2D eigenvalue weighted by molar-refractivity contribution is 0.0255. The Hall–Kier alpha value is -0.0800. The fourth-order valence-electron chi connectivity index (χ4n) is 2.14. The van der Waals surface area contributed by atoms with Crippen LogP contribution < -0.4 is 5.73 Å². The first kappa shape index (κ1) is 11.0. The van der Waals surface area contributed by atoms with Crippen LogP contribution in [-0.2, 0) is 4.74 Å². The van der Waals surface area contributed by atoms with E-state index in [1.807, 2.05) is 0 Å². The maximum Gasteiger partial charge on any atom is 0.0534 e. The molecule has 0 aromatic rings. The Balaban J connectivity index is 2.29. The molecule has 1 rings (SSSR count). The van der Waals surface area contributed by atoms with E-state index in [1.165, 1.54) is 32.1 Å². The monoisotopic (exact) mass is 185 g/mol. The highest BCUT2D eigenvalue weighted by atomic mass is 16.5. The second-order valence-electron chi connectivity index (χ2n) is 4.32. The van der Waals surface area contributed by atoms with E-state index in [9.17, 15) is 0 Å². The van der Waals surface area contributed by atoms with Crippen LogP contribution in [0, 0.1) is 5.41 Å². The zero-order chi connectivity index (χ0) is 9.57. The predicted molar refractivity (Wildman–Crippen MR) is 55.7 cm³/mol. The minimum Gasteiger partial charge on any atom is -0.381 e. The summed E-state index contributed by atoms with van der Waals surface area (Å²) in [6.07, 6.45) is 7.72. The smallest absolute Gasteiger partial charge is 0.0534 e. The molecule has 0 atom stereocenters. The molecule has 2 N–H and O–H groups in total. The predicted octanol–water partition coefficient (Wildman–Crippen LogP) is 2.32. The summed E-state index contributed by atoms with van der Waals surface area (Å²) in [5, 5.41) is 0. The van der Waals surface area contributed by atoms with Gasteiger partial charge in [0.05, 0.1) is 6.61 Å². The highest BCUT2D eigenvalue weighted by Crippen LogP contribution is 2.35. The Morgan fingerprint density at radius 2 is 1.92 bits per heavy atom. The largest absolute Gasteiger partial charge is 0.381 e. The molecule has 2 nitrogen and oxygen atoms in total. The Morgan fingerprint density at radius 3 is 2.46 bits per heavy atom. The fraction of sp³-hybridized carbons (Fsp3) is 1.00. The van der Waals surface area contributed by atoms with Crippen LogP contribution in [0.1, 0.15) is 45.4 Å². The van der Waals surface area contributed by atoms with E-state index in [-0.39, 0.29) is 0 Å². The number of ether oxygens (including phenoxy) is 1. The summed E-state index contributed by atoms with van der Waals surface area (Å²) in [4.78, 5) is 0. The van der Waals surface area contributed by atoms with Crippen LogP contribution in [0.5, 0.6) is 0 Å². The quantitative estimate of drug-likeness (QED) is 0.667. The van der Waals surface area contributed by atoms with Crippen molar-refractivity contribution in [2.45, 2.75) is 45.4 Å². The lowest BCUT2D eigenvalue weighted by atomic mass is 9.75. The van der Waals surface area contributed by atoms with E-state index < -0.39 is 0 Å². The topological polar surface area (TPSA) is 35.2 Å². The van der Waals surface area contributed by atoms with Gasteiger partial charge in [-0.2, -0.15) is 0 Å². The average molecular weight is 185 g/mol. The summed E-state index contributed by atoms with van der Waals surface area (Å²) in [5.74, 6) is 0. The van der Waals surface area contributed by atoms with Gasteiger partial charge in [-0.05, 0) is 19.3 Å². The lowest BCUT2D eigenvalue weighted by Crippen LogP contribution is -2.37. The molecule has 0 spiro atoms. The Kier molecular flexibility index (Phi) is 4.74. The van der Waals surface area contributed by atoms with Crippen molar-refractivity contribution in [2.24, 2.45) is 11.1 Å². The molecule has 1 aliphatic rings. The van der Waals surface area contributed by atoms with Crippen molar-refractivity contribution in [3.63, 3.8) is 0 Å². The van der Waals surface area contributed by atoms with E-state index >= 15 is 0 Å². The Labute approximate surface area is 81.8 Å². The summed E-state index contributed by atoms with van der Waals surface area (Å²) in [6, 6.07) is 0. The normalized spacial score (nSPS) is 21.7. The first-order chi connectivity index (χ1) is 6.33. The lowest BCUT2D eigenvalue weighted by Gasteiger charge is -2.35.